The average molecular weight is 289 g/mol. The van der Waals surface area contributed by atoms with E-state index < -0.39 is 10.0 Å². The lowest BCUT2D eigenvalue weighted by Gasteiger charge is -2.11. The van der Waals surface area contributed by atoms with Crippen molar-refractivity contribution in [1.82, 2.24) is 10.0 Å². The summed E-state index contributed by atoms with van der Waals surface area (Å²) in [6.45, 7) is 0.205. The van der Waals surface area contributed by atoms with Gasteiger partial charge in [0.15, 0.2) is 0 Å². The van der Waals surface area contributed by atoms with Crippen LogP contribution in [0.4, 0.5) is 0 Å². The fourth-order valence-electron chi connectivity index (χ4n) is 1.74. The van der Waals surface area contributed by atoms with E-state index in [2.05, 4.69) is 10.0 Å². The first-order chi connectivity index (χ1) is 8.47. The van der Waals surface area contributed by atoms with E-state index in [0.717, 1.165) is 0 Å². The lowest BCUT2D eigenvalue weighted by atomic mass is 10.2. The molecule has 1 aromatic carbocycles. The van der Waals surface area contributed by atoms with Gasteiger partial charge in [0.1, 0.15) is 0 Å². The monoisotopic (exact) mass is 288 g/mol. The lowest BCUT2D eigenvalue weighted by molar-refractivity contribution is -0.119. The molecule has 0 saturated carbocycles. The summed E-state index contributed by atoms with van der Waals surface area (Å²) in [5, 5.41) is 3.18. The van der Waals surface area contributed by atoms with E-state index in [0.29, 0.717) is 17.9 Å². The molecule has 2 rings (SSSR count). The van der Waals surface area contributed by atoms with E-state index >= 15 is 0 Å². The highest BCUT2D eigenvalue weighted by molar-refractivity contribution is 7.89. The number of amides is 1. The normalized spacial score (nSPS) is 19.8. The van der Waals surface area contributed by atoms with Crippen molar-refractivity contribution in [3.8, 4) is 0 Å². The molecule has 1 aliphatic heterocycles. The Labute approximate surface area is 111 Å². The lowest BCUT2D eigenvalue weighted by Crippen LogP contribution is -2.38. The molecule has 2 N–H and O–H groups in total. The molecule has 1 aromatic rings. The third-order valence-electron chi connectivity index (χ3n) is 2.73. The number of carbonyl (C=O) groups is 1. The van der Waals surface area contributed by atoms with Crippen LogP contribution >= 0.6 is 11.6 Å². The van der Waals surface area contributed by atoms with Gasteiger partial charge in [-0.2, -0.15) is 0 Å². The van der Waals surface area contributed by atoms with Gasteiger partial charge in [-0.1, -0.05) is 11.6 Å². The fraction of sp³-hybridized carbons (Fsp3) is 0.364. The zero-order chi connectivity index (χ0) is 13.2. The zero-order valence-corrected chi connectivity index (χ0v) is 11.1. The third-order valence-corrected chi connectivity index (χ3v) is 4.42. The summed E-state index contributed by atoms with van der Waals surface area (Å²) in [6.07, 6.45) is 1.11. The van der Waals surface area contributed by atoms with Gasteiger partial charge in [0.25, 0.3) is 0 Å². The van der Waals surface area contributed by atoms with Gasteiger partial charge in [0.05, 0.1) is 4.90 Å². The molecular weight excluding hydrogens is 276 g/mol. The molecule has 7 heteroatoms. The van der Waals surface area contributed by atoms with Gasteiger partial charge in [-0.25, -0.2) is 13.1 Å². The molecule has 1 fully saturated rings. The quantitative estimate of drug-likeness (QED) is 0.864. The first-order valence-corrected chi connectivity index (χ1v) is 7.38. The molecular formula is C11H13ClN2O3S. The molecule has 1 heterocycles. The first-order valence-electron chi connectivity index (χ1n) is 5.52. The Morgan fingerprint density at radius 1 is 1.33 bits per heavy atom. The minimum atomic E-state index is -3.54. The smallest absolute Gasteiger partial charge is 0.240 e. The van der Waals surface area contributed by atoms with Gasteiger partial charge in [0.2, 0.25) is 15.9 Å². The Morgan fingerprint density at radius 3 is 2.56 bits per heavy atom. The molecule has 0 bridgehead atoms. The number of hydrogen-bond acceptors (Lipinski definition) is 3. The number of rotatable bonds is 4. The van der Waals surface area contributed by atoms with Crippen LogP contribution in [0.25, 0.3) is 0 Å². The average Bonchev–Trinajstić information content (AvgIpc) is 2.73. The van der Waals surface area contributed by atoms with Gasteiger partial charge < -0.3 is 5.32 Å². The van der Waals surface area contributed by atoms with Crippen LogP contribution in [0.15, 0.2) is 29.2 Å². The molecule has 1 aliphatic rings. The zero-order valence-electron chi connectivity index (χ0n) is 9.52. The van der Waals surface area contributed by atoms with Gasteiger partial charge in [-0.15, -0.1) is 0 Å². The molecule has 0 aliphatic carbocycles. The summed E-state index contributed by atoms with van der Waals surface area (Å²) in [7, 11) is -3.54. The molecule has 1 amide bonds. The second-order valence-corrected chi connectivity index (χ2v) is 6.31. The van der Waals surface area contributed by atoms with Crippen molar-refractivity contribution in [2.75, 3.05) is 6.54 Å². The predicted octanol–water partition coefficient (Wildman–Crippen LogP) is 0.897. The number of halogens is 1. The van der Waals surface area contributed by atoms with Crippen LogP contribution in [0.3, 0.4) is 0 Å². The maximum Gasteiger partial charge on any atom is 0.240 e. The molecule has 1 unspecified atom stereocenters. The fourth-order valence-corrected chi connectivity index (χ4v) is 2.95. The second kappa shape index (κ2) is 5.26. The van der Waals surface area contributed by atoms with Crippen LogP contribution < -0.4 is 10.0 Å². The number of nitrogens with one attached hydrogen (secondary N) is 2. The van der Waals surface area contributed by atoms with Crippen LogP contribution in [0, 0.1) is 0 Å². The van der Waals surface area contributed by atoms with Crippen LogP contribution in [-0.2, 0) is 14.8 Å². The molecule has 1 saturated heterocycles. The van der Waals surface area contributed by atoms with Crippen LogP contribution in [0.2, 0.25) is 5.02 Å². The van der Waals surface area contributed by atoms with E-state index in [1.165, 1.54) is 24.3 Å². The molecule has 98 valence electrons. The van der Waals surface area contributed by atoms with Gasteiger partial charge in [-0.05, 0) is 30.7 Å². The van der Waals surface area contributed by atoms with Crippen LogP contribution in [0.1, 0.15) is 12.8 Å². The van der Waals surface area contributed by atoms with Crippen LogP contribution in [0.5, 0.6) is 0 Å². The Kier molecular flexibility index (Phi) is 3.89. The van der Waals surface area contributed by atoms with Gasteiger partial charge in [0, 0.05) is 24.0 Å². The van der Waals surface area contributed by atoms with Crippen molar-refractivity contribution in [1.29, 1.82) is 0 Å². The first kappa shape index (κ1) is 13.3. The highest BCUT2D eigenvalue weighted by Crippen LogP contribution is 2.14. The maximum absolute atomic E-state index is 11.9. The predicted molar refractivity (Wildman–Crippen MR) is 67.8 cm³/mol. The summed E-state index contributed by atoms with van der Waals surface area (Å²) < 4.78 is 26.3. The van der Waals surface area contributed by atoms with Crippen molar-refractivity contribution in [3.05, 3.63) is 29.3 Å². The Bertz CT molecular complexity index is 542. The van der Waals surface area contributed by atoms with Crippen molar-refractivity contribution in [2.24, 2.45) is 0 Å². The molecule has 5 nitrogen and oxygen atoms in total. The highest BCUT2D eigenvalue weighted by atomic mass is 35.5. The second-order valence-electron chi connectivity index (χ2n) is 4.11. The SMILES string of the molecule is O=C1CCC(CNS(=O)(=O)c2ccc(Cl)cc2)N1. The number of carbonyl (C=O) groups excluding carboxylic acids is 1. The van der Waals surface area contributed by atoms with Crippen molar-refractivity contribution in [2.45, 2.75) is 23.8 Å². The van der Waals surface area contributed by atoms with Gasteiger partial charge in [-0.3, -0.25) is 4.79 Å². The summed E-state index contributed by atoms with van der Waals surface area (Å²) in [4.78, 5) is 11.1. The van der Waals surface area contributed by atoms with Crippen LogP contribution in [-0.4, -0.2) is 26.9 Å². The Morgan fingerprint density at radius 2 is 2.00 bits per heavy atom. The maximum atomic E-state index is 11.9. The Hall–Kier alpha value is -1.11. The van der Waals surface area contributed by atoms with Crippen molar-refractivity contribution >= 4 is 27.5 Å². The summed E-state index contributed by atoms with van der Waals surface area (Å²) in [5.41, 5.74) is 0. The van der Waals surface area contributed by atoms with E-state index in [9.17, 15) is 13.2 Å². The summed E-state index contributed by atoms with van der Waals surface area (Å²) in [6, 6.07) is 5.80. The van der Waals surface area contributed by atoms with E-state index in [1.54, 1.807) is 0 Å². The highest BCUT2D eigenvalue weighted by Gasteiger charge is 2.23. The minimum Gasteiger partial charge on any atom is -0.352 e. The molecule has 0 radical (unpaired) electrons. The molecule has 1 atom stereocenters. The standard InChI is InChI=1S/C11H13ClN2O3S/c12-8-1-4-10(5-2-8)18(16,17)13-7-9-3-6-11(15)14-9/h1-2,4-5,9,13H,3,6-7H2,(H,14,15). The Balaban J connectivity index is 1.99. The molecule has 0 aromatic heterocycles. The largest absolute Gasteiger partial charge is 0.352 e. The molecule has 18 heavy (non-hydrogen) atoms. The third kappa shape index (κ3) is 3.22. The van der Waals surface area contributed by atoms with E-state index in [1.807, 2.05) is 0 Å². The van der Waals surface area contributed by atoms with E-state index in [4.69, 9.17) is 11.6 Å². The number of sulfonamides is 1. The van der Waals surface area contributed by atoms with Crippen molar-refractivity contribution < 1.29 is 13.2 Å². The minimum absolute atomic E-state index is 0.0364. The van der Waals surface area contributed by atoms with Crippen molar-refractivity contribution in [3.63, 3.8) is 0 Å². The summed E-state index contributed by atoms with van der Waals surface area (Å²) >= 11 is 5.70. The number of benzene rings is 1. The molecule has 0 spiro atoms. The topological polar surface area (TPSA) is 75.3 Å². The van der Waals surface area contributed by atoms with E-state index in [-0.39, 0.29) is 23.4 Å². The summed E-state index contributed by atoms with van der Waals surface area (Å²) in [5.74, 6) is -0.0364. The van der Waals surface area contributed by atoms with Gasteiger partial charge >= 0.3 is 0 Å². The number of hydrogen-bond donors (Lipinski definition) is 2.